The molecule has 7 heteroatoms. The lowest BCUT2D eigenvalue weighted by Crippen LogP contribution is -2.35. The molecule has 2 aromatic carbocycles. The molecular weight excluding hydrogens is 398 g/mol. The molecular formula is C23H21N3O3S. The third-order valence-electron chi connectivity index (χ3n) is 5.18. The highest BCUT2D eigenvalue weighted by atomic mass is 32.1. The van der Waals surface area contributed by atoms with Crippen molar-refractivity contribution in [2.24, 2.45) is 0 Å². The molecule has 152 valence electrons. The van der Waals surface area contributed by atoms with E-state index in [1.54, 1.807) is 11.8 Å². The summed E-state index contributed by atoms with van der Waals surface area (Å²) in [5, 5.41) is 15.3. The molecule has 1 aliphatic rings. The van der Waals surface area contributed by atoms with Gasteiger partial charge in [0.05, 0.1) is 25.1 Å². The summed E-state index contributed by atoms with van der Waals surface area (Å²) < 4.78 is 5.08. The van der Waals surface area contributed by atoms with Crippen molar-refractivity contribution in [3.05, 3.63) is 64.0 Å². The first-order valence-electron chi connectivity index (χ1n) is 9.83. The van der Waals surface area contributed by atoms with Crippen LogP contribution in [0.5, 0.6) is 0 Å². The average molecular weight is 420 g/mol. The van der Waals surface area contributed by atoms with Crippen molar-refractivity contribution in [1.82, 2.24) is 4.90 Å². The highest BCUT2D eigenvalue weighted by Gasteiger charge is 2.28. The number of rotatable bonds is 4. The molecule has 1 N–H and O–H groups in total. The van der Waals surface area contributed by atoms with Gasteiger partial charge < -0.3 is 15.0 Å². The number of nitriles is 1. The van der Waals surface area contributed by atoms with Gasteiger partial charge in [0, 0.05) is 11.4 Å². The first-order valence-corrected chi connectivity index (χ1v) is 10.6. The molecule has 6 nitrogen and oxygen atoms in total. The second kappa shape index (κ2) is 8.56. The predicted octanol–water partition coefficient (Wildman–Crippen LogP) is 4.47. The van der Waals surface area contributed by atoms with Gasteiger partial charge in [-0.05, 0) is 35.2 Å². The standard InChI is InChI=1S/C23H21N3O3S/c1-2-29-23(28)26-11-10-18-19(13-24)22(30-20(18)14-26)25-21(27)12-16-8-5-7-15-6-3-4-9-17(15)16/h3-9H,2,10-12,14H2,1H3,(H,25,27). The zero-order valence-electron chi connectivity index (χ0n) is 16.6. The number of carbonyl (C=O) groups excluding carboxylic acids is 2. The number of thiophene rings is 1. The molecule has 3 aromatic rings. The molecule has 1 aromatic heterocycles. The fourth-order valence-corrected chi connectivity index (χ4v) is 5.00. The number of hydrogen-bond acceptors (Lipinski definition) is 5. The summed E-state index contributed by atoms with van der Waals surface area (Å²) in [6, 6.07) is 16.1. The summed E-state index contributed by atoms with van der Waals surface area (Å²) >= 11 is 1.36. The Labute approximate surface area is 178 Å². The SMILES string of the molecule is CCOC(=O)N1CCc2c(sc(NC(=O)Cc3cccc4ccccc34)c2C#N)C1. The van der Waals surface area contributed by atoms with Crippen molar-refractivity contribution in [3.63, 3.8) is 0 Å². The number of hydrogen-bond donors (Lipinski definition) is 1. The van der Waals surface area contributed by atoms with Crippen LogP contribution in [0.2, 0.25) is 0 Å². The molecule has 0 radical (unpaired) electrons. The molecule has 0 saturated heterocycles. The number of benzene rings is 2. The third-order valence-corrected chi connectivity index (χ3v) is 6.31. The van der Waals surface area contributed by atoms with Crippen molar-refractivity contribution in [3.8, 4) is 6.07 Å². The van der Waals surface area contributed by atoms with Crippen molar-refractivity contribution >= 4 is 39.1 Å². The Kier molecular flexibility index (Phi) is 5.68. The van der Waals surface area contributed by atoms with E-state index in [1.807, 2.05) is 42.5 Å². The van der Waals surface area contributed by atoms with Gasteiger partial charge in [-0.25, -0.2) is 4.79 Å². The van der Waals surface area contributed by atoms with Gasteiger partial charge in [0.25, 0.3) is 0 Å². The number of ether oxygens (including phenoxy) is 1. The maximum absolute atomic E-state index is 12.8. The lowest BCUT2D eigenvalue weighted by Gasteiger charge is -2.25. The van der Waals surface area contributed by atoms with E-state index in [0.717, 1.165) is 26.8 Å². The van der Waals surface area contributed by atoms with Crippen molar-refractivity contribution in [1.29, 1.82) is 5.26 Å². The molecule has 0 fully saturated rings. The highest BCUT2D eigenvalue weighted by molar-refractivity contribution is 7.16. The number of amides is 2. The summed E-state index contributed by atoms with van der Waals surface area (Å²) in [6.07, 6.45) is 0.452. The maximum atomic E-state index is 12.8. The number of carbonyl (C=O) groups is 2. The Morgan fingerprint density at radius 2 is 2.03 bits per heavy atom. The quantitative estimate of drug-likeness (QED) is 0.676. The zero-order chi connectivity index (χ0) is 21.1. The maximum Gasteiger partial charge on any atom is 0.410 e. The van der Waals surface area contributed by atoms with E-state index < -0.39 is 0 Å². The van der Waals surface area contributed by atoms with Crippen LogP contribution in [0, 0.1) is 11.3 Å². The Morgan fingerprint density at radius 1 is 1.23 bits per heavy atom. The van der Waals surface area contributed by atoms with Crippen LogP contribution in [0.1, 0.15) is 28.5 Å². The summed E-state index contributed by atoms with van der Waals surface area (Å²) in [6.45, 7) is 2.99. The molecule has 1 aliphatic heterocycles. The highest BCUT2D eigenvalue weighted by Crippen LogP contribution is 2.37. The Hall–Kier alpha value is -3.37. The monoisotopic (exact) mass is 419 g/mol. The van der Waals surface area contributed by atoms with Gasteiger partial charge in [-0.2, -0.15) is 5.26 Å². The Bertz CT molecular complexity index is 1160. The number of nitrogens with zero attached hydrogens (tertiary/aromatic N) is 2. The van der Waals surface area contributed by atoms with E-state index >= 15 is 0 Å². The van der Waals surface area contributed by atoms with Crippen LogP contribution in [0.3, 0.4) is 0 Å². The molecule has 0 aliphatic carbocycles. The van der Waals surface area contributed by atoms with Crippen LogP contribution in [0.4, 0.5) is 9.80 Å². The molecule has 0 atom stereocenters. The summed E-state index contributed by atoms with van der Waals surface area (Å²) in [5.41, 5.74) is 2.37. The summed E-state index contributed by atoms with van der Waals surface area (Å²) in [5.74, 6) is -0.163. The third kappa shape index (κ3) is 3.87. The van der Waals surface area contributed by atoms with Gasteiger partial charge in [0.1, 0.15) is 11.1 Å². The first-order chi connectivity index (χ1) is 14.6. The Morgan fingerprint density at radius 3 is 2.83 bits per heavy atom. The van der Waals surface area contributed by atoms with Crippen LogP contribution < -0.4 is 5.32 Å². The van der Waals surface area contributed by atoms with Gasteiger partial charge in [-0.3, -0.25) is 4.79 Å². The first kappa shape index (κ1) is 19.9. The lowest BCUT2D eigenvalue weighted by atomic mass is 10.0. The predicted molar refractivity (Wildman–Crippen MR) is 116 cm³/mol. The second-order valence-electron chi connectivity index (χ2n) is 7.05. The molecule has 0 bridgehead atoms. The average Bonchev–Trinajstić information content (AvgIpc) is 3.10. The molecule has 0 spiro atoms. The molecule has 0 saturated carbocycles. The number of anilines is 1. The normalized spacial score (nSPS) is 12.9. The van der Waals surface area contributed by atoms with E-state index in [4.69, 9.17) is 4.74 Å². The summed E-state index contributed by atoms with van der Waals surface area (Å²) in [4.78, 5) is 27.3. The molecule has 4 rings (SSSR count). The number of nitrogens with one attached hydrogen (secondary N) is 1. The van der Waals surface area contributed by atoms with Crippen molar-refractivity contribution in [2.45, 2.75) is 26.3 Å². The molecule has 30 heavy (non-hydrogen) atoms. The van der Waals surface area contributed by atoms with Gasteiger partial charge in [-0.15, -0.1) is 11.3 Å². The fourth-order valence-electron chi connectivity index (χ4n) is 3.77. The van der Waals surface area contributed by atoms with E-state index in [0.29, 0.717) is 36.7 Å². The van der Waals surface area contributed by atoms with Crippen LogP contribution >= 0.6 is 11.3 Å². The van der Waals surface area contributed by atoms with E-state index in [1.165, 1.54) is 11.3 Å². The van der Waals surface area contributed by atoms with Gasteiger partial charge >= 0.3 is 6.09 Å². The topological polar surface area (TPSA) is 82.4 Å². The number of fused-ring (bicyclic) bond motifs is 2. The van der Waals surface area contributed by atoms with Crippen LogP contribution in [-0.2, 0) is 28.9 Å². The summed E-state index contributed by atoms with van der Waals surface area (Å²) in [7, 11) is 0. The molecule has 0 unspecified atom stereocenters. The second-order valence-corrected chi connectivity index (χ2v) is 8.16. The smallest absolute Gasteiger partial charge is 0.410 e. The van der Waals surface area contributed by atoms with Crippen LogP contribution in [0.15, 0.2) is 42.5 Å². The van der Waals surface area contributed by atoms with E-state index in [-0.39, 0.29) is 18.4 Å². The van der Waals surface area contributed by atoms with Crippen molar-refractivity contribution in [2.75, 3.05) is 18.5 Å². The van der Waals surface area contributed by atoms with Gasteiger partial charge in [0.15, 0.2) is 0 Å². The van der Waals surface area contributed by atoms with E-state index in [9.17, 15) is 14.9 Å². The van der Waals surface area contributed by atoms with Gasteiger partial charge in [0.2, 0.25) is 5.91 Å². The zero-order valence-corrected chi connectivity index (χ0v) is 17.4. The minimum absolute atomic E-state index is 0.163. The molecule has 2 heterocycles. The van der Waals surface area contributed by atoms with Crippen LogP contribution in [-0.4, -0.2) is 30.1 Å². The largest absolute Gasteiger partial charge is 0.450 e. The van der Waals surface area contributed by atoms with Crippen LogP contribution in [0.25, 0.3) is 10.8 Å². The fraction of sp³-hybridized carbons (Fsp3) is 0.261. The van der Waals surface area contributed by atoms with E-state index in [2.05, 4.69) is 11.4 Å². The Balaban J connectivity index is 1.53. The molecule has 2 amide bonds. The minimum Gasteiger partial charge on any atom is -0.450 e. The minimum atomic E-state index is -0.350. The lowest BCUT2D eigenvalue weighted by molar-refractivity contribution is -0.115. The van der Waals surface area contributed by atoms with Gasteiger partial charge in [-0.1, -0.05) is 42.5 Å². The van der Waals surface area contributed by atoms with Crippen molar-refractivity contribution < 1.29 is 14.3 Å².